The Bertz CT molecular complexity index is 1040. The Morgan fingerprint density at radius 3 is 2.72 bits per heavy atom. The normalized spacial score (nSPS) is 15.8. The number of carbonyl (C=O) groups is 2. The maximum Gasteiger partial charge on any atom is 0.238 e. The molecule has 8 nitrogen and oxygen atoms in total. The van der Waals surface area contributed by atoms with Crippen molar-refractivity contribution in [1.82, 2.24) is 0 Å². The predicted octanol–water partition coefficient (Wildman–Crippen LogP) is 2.90. The van der Waals surface area contributed by atoms with Crippen LogP contribution in [0.5, 0.6) is 5.75 Å². The number of benzene rings is 2. The van der Waals surface area contributed by atoms with Crippen LogP contribution < -0.4 is 20.1 Å². The molecule has 2 amide bonds. The average Bonchev–Trinajstić information content (AvgIpc) is 2.69. The molecule has 0 radical (unpaired) electrons. The van der Waals surface area contributed by atoms with Gasteiger partial charge >= 0.3 is 0 Å². The summed E-state index contributed by atoms with van der Waals surface area (Å²) in [5.74, 6) is -0.343. The lowest BCUT2D eigenvalue weighted by molar-refractivity contribution is -0.120. The van der Waals surface area contributed by atoms with Crippen molar-refractivity contribution in [1.29, 1.82) is 0 Å². The van der Waals surface area contributed by atoms with Gasteiger partial charge < -0.3 is 15.4 Å². The van der Waals surface area contributed by atoms with Crippen LogP contribution in [0.1, 0.15) is 13.3 Å². The lowest BCUT2D eigenvalue weighted by Gasteiger charge is -2.23. The molecule has 29 heavy (non-hydrogen) atoms. The van der Waals surface area contributed by atoms with E-state index in [-0.39, 0.29) is 35.4 Å². The zero-order valence-corrected chi connectivity index (χ0v) is 17.5. The number of methoxy groups -OCH3 is 1. The molecule has 1 unspecified atom stereocenters. The molecule has 3 N–H and O–H groups in total. The van der Waals surface area contributed by atoms with Crippen LogP contribution in [0.3, 0.4) is 0 Å². The second-order valence-corrected chi connectivity index (χ2v) is 9.52. The number of para-hydroxylation sites is 1. The van der Waals surface area contributed by atoms with Crippen LogP contribution in [0.15, 0.2) is 47.4 Å². The number of amides is 2. The number of fused-ring (bicyclic) bond motifs is 1. The minimum Gasteiger partial charge on any atom is -0.494 e. The Hall–Kier alpha value is -2.72. The summed E-state index contributed by atoms with van der Waals surface area (Å²) in [5.41, 5.74) is 1.47. The molecule has 1 atom stereocenters. The second-order valence-electron chi connectivity index (χ2n) is 6.26. The third-order valence-corrected chi connectivity index (χ3v) is 6.77. The first-order chi connectivity index (χ1) is 13.8. The summed E-state index contributed by atoms with van der Waals surface area (Å²) >= 11 is 1.35. The van der Waals surface area contributed by atoms with Crippen molar-refractivity contribution in [3.63, 3.8) is 0 Å². The molecule has 1 aliphatic heterocycles. The van der Waals surface area contributed by atoms with Crippen LogP contribution in [0.2, 0.25) is 0 Å². The lowest BCUT2D eigenvalue weighted by Crippen LogP contribution is -2.32. The van der Waals surface area contributed by atoms with Crippen LogP contribution in [0.25, 0.3) is 0 Å². The van der Waals surface area contributed by atoms with Gasteiger partial charge in [-0.25, -0.2) is 8.42 Å². The van der Waals surface area contributed by atoms with E-state index in [1.165, 1.54) is 37.9 Å². The summed E-state index contributed by atoms with van der Waals surface area (Å²) in [6.07, 6.45) is -0.00261. The monoisotopic (exact) mass is 435 g/mol. The van der Waals surface area contributed by atoms with E-state index in [2.05, 4.69) is 15.4 Å². The van der Waals surface area contributed by atoms with E-state index in [9.17, 15) is 18.0 Å². The van der Waals surface area contributed by atoms with Crippen LogP contribution in [-0.4, -0.2) is 38.3 Å². The van der Waals surface area contributed by atoms with E-state index in [0.717, 1.165) is 10.6 Å². The van der Waals surface area contributed by atoms with Crippen molar-refractivity contribution in [2.24, 2.45) is 0 Å². The quantitative estimate of drug-likeness (QED) is 0.616. The van der Waals surface area contributed by atoms with Crippen molar-refractivity contribution in [3.8, 4) is 5.75 Å². The van der Waals surface area contributed by atoms with Gasteiger partial charge in [0.25, 0.3) is 0 Å². The number of hydrogen-bond acceptors (Lipinski definition) is 6. The molecular weight excluding hydrogens is 414 g/mol. The highest BCUT2D eigenvalue weighted by atomic mass is 32.2. The fraction of sp³-hybridized carbons (Fsp3) is 0.263. The molecule has 1 heterocycles. The summed E-state index contributed by atoms with van der Waals surface area (Å²) < 4.78 is 31.2. The molecule has 0 fully saturated rings. The first kappa shape index (κ1) is 21.0. The molecule has 0 bridgehead atoms. The predicted molar refractivity (Wildman–Crippen MR) is 114 cm³/mol. The van der Waals surface area contributed by atoms with E-state index < -0.39 is 15.3 Å². The van der Waals surface area contributed by atoms with E-state index >= 15 is 0 Å². The maximum absolute atomic E-state index is 12.4. The highest BCUT2D eigenvalue weighted by Crippen LogP contribution is 2.37. The van der Waals surface area contributed by atoms with Gasteiger partial charge in [0.15, 0.2) is 0 Å². The van der Waals surface area contributed by atoms with Gasteiger partial charge in [-0.05, 0) is 31.2 Å². The zero-order valence-electron chi connectivity index (χ0n) is 15.9. The number of ether oxygens (including phenoxy) is 1. The molecule has 2 aromatic rings. The van der Waals surface area contributed by atoms with Crippen molar-refractivity contribution < 1.29 is 22.7 Å². The van der Waals surface area contributed by atoms with Crippen molar-refractivity contribution >= 4 is 50.7 Å². The van der Waals surface area contributed by atoms with E-state index in [0.29, 0.717) is 5.69 Å². The maximum atomic E-state index is 12.4. The Morgan fingerprint density at radius 1 is 1.24 bits per heavy atom. The van der Waals surface area contributed by atoms with Crippen LogP contribution in [-0.2, 0) is 19.6 Å². The largest absolute Gasteiger partial charge is 0.494 e. The Balaban J connectivity index is 1.67. The number of rotatable bonds is 7. The number of hydrogen-bond donors (Lipinski definition) is 3. The minimum absolute atomic E-state index is 0.00261. The third kappa shape index (κ3) is 5.21. The summed E-state index contributed by atoms with van der Waals surface area (Å²) in [6.45, 7) is 1.53. The summed E-state index contributed by atoms with van der Waals surface area (Å²) in [6, 6.07) is 12.0. The van der Waals surface area contributed by atoms with E-state index in [1.54, 1.807) is 6.07 Å². The molecule has 3 rings (SSSR count). The fourth-order valence-electron chi connectivity index (χ4n) is 2.70. The number of sulfonamides is 1. The molecular formula is C19H21N3O5S2. The molecule has 154 valence electrons. The molecule has 0 spiro atoms. The third-order valence-electron chi connectivity index (χ3n) is 4.21. The molecule has 0 aromatic heterocycles. The van der Waals surface area contributed by atoms with Crippen LogP contribution >= 0.6 is 11.8 Å². The van der Waals surface area contributed by atoms with Crippen molar-refractivity contribution in [3.05, 3.63) is 42.5 Å². The standard InChI is InChI=1S/C19H21N3O5S2/c1-3-29(25,26)22-13-9-8-12(10-15(13)27-2)20-18(23)11-17-19(24)21-14-6-4-5-7-16(14)28-17/h4-10,17,22H,3,11H2,1-2H3,(H,20,23)(H,21,24). The smallest absolute Gasteiger partial charge is 0.238 e. The van der Waals surface area contributed by atoms with Gasteiger partial charge in [-0.2, -0.15) is 0 Å². The summed E-state index contributed by atoms with van der Waals surface area (Å²) in [4.78, 5) is 25.6. The number of carbonyl (C=O) groups excluding carboxylic acids is 2. The van der Waals surface area contributed by atoms with Gasteiger partial charge in [0.1, 0.15) is 5.75 Å². The highest BCUT2D eigenvalue weighted by Gasteiger charge is 2.28. The van der Waals surface area contributed by atoms with Gasteiger partial charge in [0, 0.05) is 23.1 Å². The number of nitrogens with one attached hydrogen (secondary N) is 3. The Labute approximate surface area is 173 Å². The average molecular weight is 436 g/mol. The number of thioether (sulfide) groups is 1. The van der Waals surface area contributed by atoms with Gasteiger partial charge in [0.2, 0.25) is 21.8 Å². The molecule has 0 saturated heterocycles. The second kappa shape index (κ2) is 8.75. The summed E-state index contributed by atoms with van der Waals surface area (Å²) in [5, 5.41) is 4.99. The van der Waals surface area contributed by atoms with Gasteiger partial charge in [-0.3, -0.25) is 14.3 Å². The van der Waals surface area contributed by atoms with Crippen molar-refractivity contribution in [2.75, 3.05) is 28.2 Å². The molecule has 0 saturated carbocycles. The molecule has 1 aliphatic rings. The van der Waals surface area contributed by atoms with Crippen molar-refractivity contribution in [2.45, 2.75) is 23.5 Å². The Morgan fingerprint density at radius 2 is 2.00 bits per heavy atom. The zero-order chi connectivity index (χ0) is 21.0. The van der Waals surface area contributed by atoms with Gasteiger partial charge in [-0.15, -0.1) is 11.8 Å². The molecule has 2 aromatic carbocycles. The molecule has 10 heteroatoms. The Kier molecular flexibility index (Phi) is 6.33. The van der Waals surface area contributed by atoms with Crippen LogP contribution in [0.4, 0.5) is 17.1 Å². The molecule has 0 aliphatic carbocycles. The summed E-state index contributed by atoms with van der Waals surface area (Å²) in [7, 11) is -2.05. The first-order valence-electron chi connectivity index (χ1n) is 8.86. The number of anilines is 3. The topological polar surface area (TPSA) is 114 Å². The highest BCUT2D eigenvalue weighted by molar-refractivity contribution is 8.01. The van der Waals surface area contributed by atoms with E-state index in [1.807, 2.05) is 24.3 Å². The fourth-order valence-corrected chi connectivity index (χ4v) is 4.46. The van der Waals surface area contributed by atoms with Gasteiger partial charge in [-0.1, -0.05) is 12.1 Å². The van der Waals surface area contributed by atoms with E-state index in [4.69, 9.17) is 4.74 Å². The minimum atomic E-state index is -3.46. The SMILES string of the molecule is CCS(=O)(=O)Nc1ccc(NC(=O)CC2Sc3ccccc3NC2=O)cc1OC. The lowest BCUT2D eigenvalue weighted by atomic mass is 10.2. The van der Waals surface area contributed by atoms with Gasteiger partial charge in [0.05, 0.1) is 29.5 Å². The van der Waals surface area contributed by atoms with Crippen LogP contribution in [0, 0.1) is 0 Å². The first-order valence-corrected chi connectivity index (χ1v) is 11.4.